The summed E-state index contributed by atoms with van der Waals surface area (Å²) in [4.78, 5) is 0. The van der Waals surface area contributed by atoms with Gasteiger partial charge in [0.1, 0.15) is 11.2 Å². The van der Waals surface area contributed by atoms with Crippen LogP contribution in [0, 0.1) is 0 Å². The van der Waals surface area contributed by atoms with E-state index in [4.69, 9.17) is 4.42 Å². The summed E-state index contributed by atoms with van der Waals surface area (Å²) in [7, 11) is 0. The summed E-state index contributed by atoms with van der Waals surface area (Å²) in [6.45, 7) is 0. The van der Waals surface area contributed by atoms with Crippen molar-refractivity contribution >= 4 is 55.8 Å². The summed E-state index contributed by atoms with van der Waals surface area (Å²) in [5.41, 5.74) is 12.4. The van der Waals surface area contributed by atoms with E-state index in [9.17, 15) is 0 Å². The zero-order valence-corrected chi connectivity index (χ0v) is 22.2. The average molecular weight is 514 g/mol. The maximum Gasteiger partial charge on any atom is 0.135 e. The fourth-order valence-electron chi connectivity index (χ4n) is 7.01. The number of furan rings is 1. The number of aromatic nitrogens is 1. The number of nitrogens with zero attached hydrogens (tertiary/aromatic N) is 1. The molecule has 0 amide bonds. The third kappa shape index (κ3) is 3.17. The number of fused-ring (bicyclic) bond motifs is 9. The van der Waals surface area contributed by atoms with E-state index in [1.54, 1.807) is 0 Å². The molecule has 2 nitrogen and oxygen atoms in total. The molecule has 2 aliphatic carbocycles. The van der Waals surface area contributed by atoms with Crippen molar-refractivity contribution in [3.8, 4) is 16.8 Å². The fraction of sp³-hybridized carbons (Fsp3) is 0.105. The van der Waals surface area contributed by atoms with Crippen LogP contribution in [-0.2, 0) is 12.8 Å². The first-order chi connectivity index (χ1) is 19.8. The minimum Gasteiger partial charge on any atom is -0.456 e. The van der Waals surface area contributed by atoms with Gasteiger partial charge >= 0.3 is 0 Å². The lowest BCUT2D eigenvalue weighted by atomic mass is 9.92. The van der Waals surface area contributed by atoms with Gasteiger partial charge in [0.05, 0.1) is 5.52 Å². The maximum absolute atomic E-state index is 6.30. The molecule has 190 valence electrons. The van der Waals surface area contributed by atoms with E-state index in [1.165, 1.54) is 71.6 Å². The van der Waals surface area contributed by atoms with Gasteiger partial charge in [-0.05, 0) is 101 Å². The molecule has 0 fully saturated rings. The second-order valence-corrected chi connectivity index (χ2v) is 11.2. The van der Waals surface area contributed by atoms with Crippen molar-refractivity contribution < 1.29 is 4.42 Å². The van der Waals surface area contributed by atoms with Crippen LogP contribution in [0.25, 0.3) is 72.6 Å². The summed E-state index contributed by atoms with van der Waals surface area (Å²) in [5, 5.41) is 6.37. The first kappa shape index (κ1) is 22.0. The summed E-state index contributed by atoms with van der Waals surface area (Å²) >= 11 is 0. The van der Waals surface area contributed by atoms with E-state index in [0.717, 1.165) is 36.8 Å². The molecule has 0 spiro atoms. The molecule has 40 heavy (non-hydrogen) atoms. The Morgan fingerprint density at radius 3 is 2.38 bits per heavy atom. The van der Waals surface area contributed by atoms with Crippen molar-refractivity contribution in [3.63, 3.8) is 0 Å². The molecular weight excluding hydrogens is 486 g/mol. The molecule has 0 saturated carbocycles. The summed E-state index contributed by atoms with van der Waals surface area (Å²) in [6, 6.07) is 33.5. The van der Waals surface area contributed by atoms with E-state index in [1.807, 2.05) is 0 Å². The van der Waals surface area contributed by atoms with Crippen LogP contribution in [0.15, 0.2) is 108 Å². The van der Waals surface area contributed by atoms with Crippen molar-refractivity contribution in [1.82, 2.24) is 4.57 Å². The first-order valence-electron chi connectivity index (χ1n) is 14.3. The lowest BCUT2D eigenvalue weighted by Gasteiger charge is -2.14. The molecule has 9 rings (SSSR count). The number of benzene rings is 5. The zero-order valence-electron chi connectivity index (χ0n) is 22.2. The van der Waals surface area contributed by atoms with Gasteiger partial charge in [-0.3, -0.25) is 0 Å². The van der Waals surface area contributed by atoms with Crippen LogP contribution in [-0.4, -0.2) is 4.57 Å². The molecular formula is C38H27NO. The van der Waals surface area contributed by atoms with Crippen molar-refractivity contribution in [2.45, 2.75) is 25.7 Å². The van der Waals surface area contributed by atoms with Gasteiger partial charge in [-0.2, -0.15) is 0 Å². The lowest BCUT2D eigenvalue weighted by molar-refractivity contribution is 0.668. The molecule has 0 saturated heterocycles. The summed E-state index contributed by atoms with van der Waals surface area (Å²) in [5.74, 6) is 0. The molecule has 0 bridgehead atoms. The quantitative estimate of drug-likeness (QED) is 0.225. The van der Waals surface area contributed by atoms with Gasteiger partial charge in [0, 0.05) is 33.1 Å². The van der Waals surface area contributed by atoms with Gasteiger partial charge in [-0.25, -0.2) is 0 Å². The topological polar surface area (TPSA) is 18.1 Å². The van der Waals surface area contributed by atoms with Crippen LogP contribution < -0.4 is 0 Å². The highest BCUT2D eigenvalue weighted by Gasteiger charge is 2.20. The minimum absolute atomic E-state index is 0.963. The highest BCUT2D eigenvalue weighted by molar-refractivity contribution is 6.09. The SMILES string of the molecule is C1=Cc2ccc3oc4ccc(-c5ccc6c(c5)c5c(n6-c6ccc7ccccc7c6)CCC=C5)cc4c3c2CC1. The zero-order chi connectivity index (χ0) is 26.2. The average Bonchev–Trinajstić information content (AvgIpc) is 3.56. The Morgan fingerprint density at radius 1 is 0.625 bits per heavy atom. The number of allylic oxidation sites excluding steroid dienone is 2. The van der Waals surface area contributed by atoms with E-state index in [2.05, 4.69) is 120 Å². The summed E-state index contributed by atoms with van der Waals surface area (Å²) < 4.78 is 8.78. The molecule has 0 atom stereocenters. The molecule has 7 aromatic rings. The number of hydrogen-bond donors (Lipinski definition) is 0. The smallest absolute Gasteiger partial charge is 0.135 e. The van der Waals surface area contributed by atoms with Crippen LogP contribution in [0.2, 0.25) is 0 Å². The van der Waals surface area contributed by atoms with Crippen LogP contribution in [0.1, 0.15) is 35.2 Å². The third-order valence-electron chi connectivity index (χ3n) is 8.90. The molecule has 2 heterocycles. The fourth-order valence-corrected chi connectivity index (χ4v) is 7.01. The predicted octanol–water partition coefficient (Wildman–Crippen LogP) is 10.3. The highest BCUT2D eigenvalue weighted by atomic mass is 16.3. The Labute approximate surface area is 232 Å². The molecule has 0 unspecified atom stereocenters. The molecule has 5 aromatic carbocycles. The predicted molar refractivity (Wildman–Crippen MR) is 168 cm³/mol. The molecule has 2 heteroatoms. The number of aryl methyl sites for hydroxylation is 1. The normalized spacial score (nSPS) is 14.4. The monoisotopic (exact) mass is 513 g/mol. The molecule has 0 radical (unpaired) electrons. The second kappa shape index (κ2) is 8.34. The molecule has 2 aromatic heterocycles. The largest absolute Gasteiger partial charge is 0.456 e. The van der Waals surface area contributed by atoms with E-state index >= 15 is 0 Å². The maximum atomic E-state index is 6.30. The molecule has 0 N–H and O–H groups in total. The molecule has 2 aliphatic rings. The van der Waals surface area contributed by atoms with Crippen LogP contribution in [0.4, 0.5) is 0 Å². The van der Waals surface area contributed by atoms with Crippen molar-refractivity contribution in [2.24, 2.45) is 0 Å². The van der Waals surface area contributed by atoms with E-state index < -0.39 is 0 Å². The van der Waals surface area contributed by atoms with Gasteiger partial charge in [0.2, 0.25) is 0 Å². The third-order valence-corrected chi connectivity index (χ3v) is 8.90. The highest BCUT2D eigenvalue weighted by Crippen LogP contribution is 2.40. The van der Waals surface area contributed by atoms with Crippen LogP contribution in [0.5, 0.6) is 0 Å². The standard InChI is InChI=1S/C38H27NO/c1-2-9-26-21-29(17-13-24(26)7-1)39-34-12-6-5-11-31(34)32-22-27(14-18-35(32)39)28-16-19-36-33(23-28)38-30-10-4-3-8-25(30)15-20-37(38)40-36/h1-3,5,7-9,11,13-23H,4,6,10,12H2. The minimum atomic E-state index is 0.963. The first-order valence-corrected chi connectivity index (χ1v) is 14.3. The Hall–Kier alpha value is -4.82. The Morgan fingerprint density at radius 2 is 1.43 bits per heavy atom. The van der Waals surface area contributed by atoms with Crippen molar-refractivity contribution in [3.05, 3.63) is 126 Å². The lowest BCUT2D eigenvalue weighted by Crippen LogP contribution is -2.02. The van der Waals surface area contributed by atoms with Crippen molar-refractivity contribution in [1.29, 1.82) is 0 Å². The van der Waals surface area contributed by atoms with Gasteiger partial charge in [-0.15, -0.1) is 0 Å². The number of hydrogen-bond acceptors (Lipinski definition) is 1. The van der Waals surface area contributed by atoms with Gasteiger partial charge in [-0.1, -0.05) is 72.8 Å². The van der Waals surface area contributed by atoms with Gasteiger partial charge in [0.25, 0.3) is 0 Å². The summed E-state index contributed by atoms with van der Waals surface area (Å²) in [6.07, 6.45) is 13.5. The van der Waals surface area contributed by atoms with Crippen molar-refractivity contribution in [2.75, 3.05) is 0 Å². The van der Waals surface area contributed by atoms with Gasteiger partial charge in [0.15, 0.2) is 0 Å². The Balaban J connectivity index is 1.24. The van der Waals surface area contributed by atoms with Crippen LogP contribution in [0.3, 0.4) is 0 Å². The van der Waals surface area contributed by atoms with E-state index in [0.29, 0.717) is 0 Å². The number of rotatable bonds is 2. The van der Waals surface area contributed by atoms with Gasteiger partial charge < -0.3 is 8.98 Å². The second-order valence-electron chi connectivity index (χ2n) is 11.2. The molecule has 0 aliphatic heterocycles. The Kier molecular flexibility index (Phi) is 4.59. The Bertz CT molecular complexity index is 2220. The van der Waals surface area contributed by atoms with E-state index in [-0.39, 0.29) is 0 Å². The van der Waals surface area contributed by atoms with Crippen LogP contribution >= 0.6 is 0 Å².